The van der Waals surface area contributed by atoms with Crippen molar-refractivity contribution in [2.75, 3.05) is 0 Å². The number of thiophene rings is 1. The third kappa shape index (κ3) is 2.89. The molecule has 3 heterocycles. The second-order valence-electron chi connectivity index (χ2n) is 7.16. The summed E-state index contributed by atoms with van der Waals surface area (Å²) in [6.45, 7) is 1.94. The Morgan fingerprint density at radius 1 is 1.28 bits per heavy atom. The smallest absolute Gasteiger partial charge is 0.269 e. The number of hydrogen-bond donors (Lipinski definition) is 0. The van der Waals surface area contributed by atoms with Crippen LogP contribution in [0.3, 0.4) is 0 Å². The zero-order valence-electron chi connectivity index (χ0n) is 15.4. The Labute approximate surface area is 176 Å². The molecule has 0 saturated heterocycles. The molecule has 1 aromatic heterocycles. The quantitative estimate of drug-likeness (QED) is 0.397. The van der Waals surface area contributed by atoms with Crippen LogP contribution in [0, 0.1) is 10.1 Å². The van der Waals surface area contributed by atoms with Crippen molar-refractivity contribution in [2.45, 2.75) is 25.1 Å². The maximum absolute atomic E-state index is 11.1. The van der Waals surface area contributed by atoms with Gasteiger partial charge in [-0.25, -0.2) is 5.01 Å². The molecule has 8 heteroatoms. The molecule has 0 saturated carbocycles. The molecule has 3 aromatic rings. The van der Waals surface area contributed by atoms with Crippen LogP contribution in [0.4, 0.5) is 5.69 Å². The van der Waals surface area contributed by atoms with Crippen molar-refractivity contribution in [3.05, 3.63) is 91.1 Å². The molecular formula is C21H16ClN3O3S. The van der Waals surface area contributed by atoms with Gasteiger partial charge in [0, 0.05) is 41.6 Å². The number of ether oxygens (including phenoxy) is 1. The monoisotopic (exact) mass is 425 g/mol. The van der Waals surface area contributed by atoms with Gasteiger partial charge in [-0.1, -0.05) is 17.7 Å². The average molecular weight is 426 g/mol. The van der Waals surface area contributed by atoms with Crippen molar-refractivity contribution in [1.29, 1.82) is 0 Å². The summed E-state index contributed by atoms with van der Waals surface area (Å²) in [6.07, 6.45) is 0.736. The molecule has 2 aliphatic heterocycles. The summed E-state index contributed by atoms with van der Waals surface area (Å²) >= 11 is 7.92. The molecule has 29 heavy (non-hydrogen) atoms. The zero-order chi connectivity index (χ0) is 20.2. The largest absolute Gasteiger partial charge is 0.462 e. The summed E-state index contributed by atoms with van der Waals surface area (Å²) < 4.78 is 6.43. The summed E-state index contributed by atoms with van der Waals surface area (Å²) in [5.41, 5.74) is 1.92. The first-order valence-electron chi connectivity index (χ1n) is 9.10. The molecule has 0 radical (unpaired) electrons. The number of hydrazone groups is 1. The highest BCUT2D eigenvalue weighted by molar-refractivity contribution is 7.12. The maximum atomic E-state index is 11.1. The Hall–Kier alpha value is -2.90. The molecule has 6 nitrogen and oxygen atoms in total. The fraction of sp³-hybridized carbons (Fsp3) is 0.190. The van der Waals surface area contributed by atoms with E-state index in [2.05, 4.69) is 6.07 Å². The lowest BCUT2D eigenvalue weighted by molar-refractivity contribution is -0.384. The molecule has 0 unspecified atom stereocenters. The van der Waals surface area contributed by atoms with Gasteiger partial charge in [-0.05, 0) is 41.8 Å². The third-order valence-corrected chi connectivity index (χ3v) is 6.56. The van der Waals surface area contributed by atoms with Crippen LogP contribution >= 0.6 is 22.9 Å². The van der Waals surface area contributed by atoms with E-state index in [1.165, 1.54) is 12.1 Å². The van der Waals surface area contributed by atoms with Crippen LogP contribution in [0.2, 0.25) is 5.02 Å². The number of benzene rings is 2. The van der Waals surface area contributed by atoms with E-state index in [-0.39, 0.29) is 11.7 Å². The van der Waals surface area contributed by atoms with E-state index in [0.717, 1.165) is 33.9 Å². The maximum Gasteiger partial charge on any atom is 0.269 e. The minimum absolute atomic E-state index is 0.0326. The van der Waals surface area contributed by atoms with Gasteiger partial charge in [-0.2, -0.15) is 5.10 Å². The number of non-ortho nitro benzene ring substituents is 1. The molecule has 146 valence electrons. The minimum Gasteiger partial charge on any atom is -0.462 e. The predicted octanol–water partition coefficient (Wildman–Crippen LogP) is 5.73. The number of nitrogens with zero attached hydrogens (tertiary/aromatic N) is 3. The molecular weight excluding hydrogens is 410 g/mol. The molecule has 0 N–H and O–H groups in total. The van der Waals surface area contributed by atoms with Gasteiger partial charge in [0.1, 0.15) is 5.75 Å². The lowest BCUT2D eigenvalue weighted by Crippen LogP contribution is -2.48. The lowest BCUT2D eigenvalue weighted by atomic mass is 9.93. The van der Waals surface area contributed by atoms with E-state index < -0.39 is 10.6 Å². The average Bonchev–Trinajstić information content (AvgIpc) is 3.39. The van der Waals surface area contributed by atoms with Crippen LogP contribution in [-0.4, -0.2) is 15.6 Å². The number of rotatable bonds is 3. The van der Waals surface area contributed by atoms with E-state index in [4.69, 9.17) is 21.4 Å². The molecule has 2 aliphatic rings. The fourth-order valence-corrected chi connectivity index (χ4v) is 4.86. The van der Waals surface area contributed by atoms with Crippen LogP contribution in [0.5, 0.6) is 5.75 Å². The van der Waals surface area contributed by atoms with Gasteiger partial charge in [0.25, 0.3) is 5.69 Å². The minimum atomic E-state index is -0.903. The highest BCUT2D eigenvalue weighted by atomic mass is 35.5. The molecule has 0 aliphatic carbocycles. The Morgan fingerprint density at radius 3 is 2.76 bits per heavy atom. The van der Waals surface area contributed by atoms with Gasteiger partial charge in [-0.3, -0.25) is 10.1 Å². The van der Waals surface area contributed by atoms with Crippen molar-refractivity contribution < 1.29 is 9.66 Å². The van der Waals surface area contributed by atoms with Crippen molar-refractivity contribution >= 4 is 34.3 Å². The molecule has 0 spiro atoms. The summed E-state index contributed by atoms with van der Waals surface area (Å²) in [5.74, 6) is 0.749. The molecule has 0 bridgehead atoms. The number of hydrogen-bond acceptors (Lipinski definition) is 6. The Bertz CT molecular complexity index is 1130. The van der Waals surface area contributed by atoms with Crippen LogP contribution in [-0.2, 0) is 5.72 Å². The van der Waals surface area contributed by atoms with Gasteiger partial charge in [0.05, 0.1) is 21.6 Å². The van der Waals surface area contributed by atoms with Gasteiger partial charge >= 0.3 is 0 Å². The molecule has 2 atom stereocenters. The zero-order valence-corrected chi connectivity index (χ0v) is 17.0. The molecule has 0 fully saturated rings. The Kier molecular flexibility index (Phi) is 4.11. The van der Waals surface area contributed by atoms with Crippen LogP contribution in [0.15, 0.2) is 65.1 Å². The summed E-state index contributed by atoms with van der Waals surface area (Å²) in [7, 11) is 0. The first kappa shape index (κ1) is 18.1. The van der Waals surface area contributed by atoms with Crippen molar-refractivity contribution in [3.8, 4) is 5.75 Å². The van der Waals surface area contributed by atoms with Gasteiger partial charge in [-0.15, -0.1) is 11.3 Å². The number of fused-ring (bicyclic) bond motifs is 3. The number of nitro benzene ring substituents is 1. The van der Waals surface area contributed by atoms with E-state index in [1.54, 1.807) is 23.5 Å². The van der Waals surface area contributed by atoms with Gasteiger partial charge in [0.15, 0.2) is 0 Å². The number of nitro groups is 1. The Balaban J connectivity index is 1.64. The van der Waals surface area contributed by atoms with Crippen molar-refractivity contribution in [3.63, 3.8) is 0 Å². The third-order valence-electron chi connectivity index (χ3n) is 5.41. The number of halogens is 1. The SMILES string of the molecule is C[C@@]1(c2ccc([N+](=O)[O-])cc2)Oc2ccc(Cl)cc2[C@H]2CC(c3cccs3)=NN21. The second kappa shape index (κ2) is 6.57. The van der Waals surface area contributed by atoms with Crippen molar-refractivity contribution in [1.82, 2.24) is 5.01 Å². The topological polar surface area (TPSA) is 68.0 Å². The van der Waals surface area contributed by atoms with E-state index in [9.17, 15) is 10.1 Å². The standard InChI is InChI=1S/C21H16ClN3O3S/c1-21(13-4-7-15(8-5-13)25(26)27)24-18(12-17(23-24)20-3-2-10-29-20)16-11-14(22)6-9-19(16)28-21/h2-11,18H,12H2,1H3/t18-,21+/m1/s1. The predicted molar refractivity (Wildman–Crippen MR) is 113 cm³/mol. The normalized spacial score (nSPS) is 22.5. The Morgan fingerprint density at radius 2 is 2.07 bits per heavy atom. The van der Waals surface area contributed by atoms with Gasteiger partial charge in [0.2, 0.25) is 5.72 Å². The van der Waals surface area contributed by atoms with Gasteiger partial charge < -0.3 is 4.74 Å². The first-order chi connectivity index (χ1) is 14.0. The molecule has 0 amide bonds. The highest BCUT2D eigenvalue weighted by Gasteiger charge is 2.49. The highest BCUT2D eigenvalue weighted by Crippen LogP contribution is 2.51. The van der Waals surface area contributed by atoms with Crippen LogP contribution in [0.25, 0.3) is 0 Å². The lowest BCUT2D eigenvalue weighted by Gasteiger charge is -2.46. The fourth-order valence-electron chi connectivity index (χ4n) is 3.95. The second-order valence-corrected chi connectivity index (χ2v) is 8.54. The van der Waals surface area contributed by atoms with Crippen molar-refractivity contribution in [2.24, 2.45) is 5.10 Å². The summed E-state index contributed by atoms with van der Waals surface area (Å²) in [4.78, 5) is 11.8. The van der Waals surface area contributed by atoms with E-state index >= 15 is 0 Å². The summed E-state index contributed by atoms with van der Waals surface area (Å²) in [6, 6.07) is 16.1. The van der Waals surface area contributed by atoms with E-state index in [1.807, 2.05) is 41.6 Å². The molecule has 2 aromatic carbocycles. The molecule has 5 rings (SSSR count). The van der Waals surface area contributed by atoms with E-state index in [0.29, 0.717) is 5.02 Å². The first-order valence-corrected chi connectivity index (χ1v) is 10.4. The summed E-state index contributed by atoms with van der Waals surface area (Å²) in [5, 5.41) is 20.6. The van der Waals surface area contributed by atoms with Crippen LogP contribution in [0.1, 0.15) is 35.4 Å². The van der Waals surface area contributed by atoms with Crippen LogP contribution < -0.4 is 4.74 Å².